The number of carbonyl (C=O) groups excluding carboxylic acids is 1. The van der Waals surface area contributed by atoms with Gasteiger partial charge in [0.15, 0.2) is 6.10 Å². The van der Waals surface area contributed by atoms with Crippen molar-refractivity contribution in [1.82, 2.24) is 0 Å². The Morgan fingerprint density at radius 3 is 2.57 bits per heavy atom. The number of carbonyl (C=O) groups is 1. The summed E-state index contributed by atoms with van der Waals surface area (Å²) in [5, 5.41) is 3.52. The number of hydrogen-bond acceptors (Lipinski definition) is 3. The summed E-state index contributed by atoms with van der Waals surface area (Å²) in [7, 11) is 0. The van der Waals surface area contributed by atoms with Crippen LogP contribution in [0.2, 0.25) is 5.02 Å². The van der Waals surface area contributed by atoms with Gasteiger partial charge in [0.2, 0.25) is 0 Å². The average Bonchev–Trinajstić information content (AvgIpc) is 2.69. The van der Waals surface area contributed by atoms with Crippen LogP contribution >= 0.6 is 23.4 Å². The van der Waals surface area contributed by atoms with Gasteiger partial charge in [0.1, 0.15) is 5.75 Å². The predicted molar refractivity (Wildman–Crippen MR) is 117 cm³/mol. The lowest BCUT2D eigenvalue weighted by Crippen LogP contribution is -2.30. The maximum absolute atomic E-state index is 12.5. The first-order valence-corrected chi connectivity index (χ1v) is 10.4. The van der Waals surface area contributed by atoms with E-state index < -0.39 is 6.10 Å². The van der Waals surface area contributed by atoms with Gasteiger partial charge in [-0.1, -0.05) is 48.0 Å². The zero-order chi connectivity index (χ0) is 19.9. The Kier molecular flexibility index (Phi) is 7.01. The van der Waals surface area contributed by atoms with Crippen molar-refractivity contribution in [3.8, 4) is 5.75 Å². The normalized spacial score (nSPS) is 11.7. The molecular formula is C23H22ClNO2S. The monoisotopic (exact) mass is 411 g/mol. The SMILES string of the molecule is Cc1cc(CSc2ccccc2)ccc1NC(=O)[C@H](C)Oc1cccc(Cl)c1. The fourth-order valence-corrected chi connectivity index (χ4v) is 3.71. The third-order valence-corrected chi connectivity index (χ3v) is 5.49. The quantitative estimate of drug-likeness (QED) is 0.460. The topological polar surface area (TPSA) is 38.3 Å². The highest BCUT2D eigenvalue weighted by atomic mass is 35.5. The summed E-state index contributed by atoms with van der Waals surface area (Å²) >= 11 is 7.75. The van der Waals surface area contributed by atoms with Crippen LogP contribution in [0.3, 0.4) is 0 Å². The minimum atomic E-state index is -0.633. The van der Waals surface area contributed by atoms with E-state index in [4.69, 9.17) is 16.3 Å². The van der Waals surface area contributed by atoms with Crippen molar-refractivity contribution in [3.05, 3.63) is 88.9 Å². The summed E-state index contributed by atoms with van der Waals surface area (Å²) in [6.07, 6.45) is -0.633. The summed E-state index contributed by atoms with van der Waals surface area (Å²) in [5.41, 5.74) is 3.03. The van der Waals surface area contributed by atoms with E-state index in [1.54, 1.807) is 43.0 Å². The van der Waals surface area contributed by atoms with Gasteiger partial charge in [-0.25, -0.2) is 0 Å². The van der Waals surface area contributed by atoms with Gasteiger partial charge in [-0.2, -0.15) is 0 Å². The lowest BCUT2D eigenvalue weighted by Gasteiger charge is -2.16. The molecule has 3 nitrogen and oxygen atoms in total. The number of thioether (sulfide) groups is 1. The molecule has 0 saturated carbocycles. The molecule has 0 radical (unpaired) electrons. The molecule has 0 saturated heterocycles. The highest BCUT2D eigenvalue weighted by molar-refractivity contribution is 7.98. The van der Waals surface area contributed by atoms with Crippen molar-refractivity contribution >= 4 is 35.0 Å². The Balaban J connectivity index is 1.58. The molecular weight excluding hydrogens is 390 g/mol. The first-order chi connectivity index (χ1) is 13.5. The number of rotatable bonds is 7. The molecule has 144 valence electrons. The Morgan fingerprint density at radius 2 is 1.86 bits per heavy atom. The van der Waals surface area contributed by atoms with Crippen LogP contribution in [0.4, 0.5) is 5.69 Å². The van der Waals surface area contributed by atoms with Crippen molar-refractivity contribution < 1.29 is 9.53 Å². The number of anilines is 1. The van der Waals surface area contributed by atoms with Crippen LogP contribution in [0.25, 0.3) is 0 Å². The van der Waals surface area contributed by atoms with Gasteiger partial charge < -0.3 is 10.1 Å². The molecule has 0 fully saturated rings. The zero-order valence-corrected chi connectivity index (χ0v) is 17.4. The predicted octanol–water partition coefficient (Wildman–Crippen LogP) is 6.35. The zero-order valence-electron chi connectivity index (χ0n) is 15.8. The van der Waals surface area contributed by atoms with E-state index >= 15 is 0 Å². The highest BCUT2D eigenvalue weighted by Gasteiger charge is 2.16. The van der Waals surface area contributed by atoms with Gasteiger partial charge in [0.05, 0.1) is 0 Å². The van der Waals surface area contributed by atoms with E-state index in [-0.39, 0.29) is 5.91 Å². The molecule has 0 aromatic heterocycles. The molecule has 3 rings (SSSR count). The molecule has 3 aromatic rings. The summed E-state index contributed by atoms with van der Waals surface area (Å²) in [4.78, 5) is 13.7. The molecule has 28 heavy (non-hydrogen) atoms. The third kappa shape index (κ3) is 5.78. The Bertz CT molecular complexity index is 946. The number of nitrogens with one attached hydrogen (secondary N) is 1. The fourth-order valence-electron chi connectivity index (χ4n) is 2.67. The molecule has 0 spiro atoms. The largest absolute Gasteiger partial charge is 0.481 e. The van der Waals surface area contributed by atoms with Gasteiger partial charge in [-0.3, -0.25) is 4.79 Å². The Morgan fingerprint density at radius 1 is 1.07 bits per heavy atom. The van der Waals surface area contributed by atoms with E-state index in [0.717, 1.165) is 17.0 Å². The lowest BCUT2D eigenvalue weighted by molar-refractivity contribution is -0.122. The number of hydrogen-bond donors (Lipinski definition) is 1. The molecule has 3 aromatic carbocycles. The lowest BCUT2D eigenvalue weighted by atomic mass is 10.1. The molecule has 0 aliphatic rings. The van der Waals surface area contributed by atoms with E-state index in [0.29, 0.717) is 10.8 Å². The number of ether oxygens (including phenoxy) is 1. The molecule has 5 heteroatoms. The standard InChI is InChI=1S/C23H22ClNO2S/c1-16-13-18(15-28-21-9-4-3-5-10-21)11-12-22(16)25-23(26)17(2)27-20-8-6-7-19(24)14-20/h3-14,17H,15H2,1-2H3,(H,25,26)/t17-/m0/s1. The minimum Gasteiger partial charge on any atom is -0.481 e. The molecule has 0 heterocycles. The molecule has 0 aliphatic heterocycles. The van der Waals surface area contributed by atoms with Gasteiger partial charge in [0.25, 0.3) is 5.91 Å². The van der Waals surface area contributed by atoms with Crippen molar-refractivity contribution in [3.63, 3.8) is 0 Å². The first kappa shape index (κ1) is 20.3. The second-order valence-corrected chi connectivity index (χ2v) is 7.94. The van der Waals surface area contributed by atoms with Crippen molar-refractivity contribution in [1.29, 1.82) is 0 Å². The van der Waals surface area contributed by atoms with E-state index in [1.165, 1.54) is 10.5 Å². The van der Waals surface area contributed by atoms with Crippen LogP contribution in [-0.4, -0.2) is 12.0 Å². The van der Waals surface area contributed by atoms with Crippen molar-refractivity contribution in [2.45, 2.75) is 30.6 Å². The molecule has 1 N–H and O–H groups in total. The van der Waals surface area contributed by atoms with Crippen LogP contribution < -0.4 is 10.1 Å². The fraction of sp³-hybridized carbons (Fsp3) is 0.174. The van der Waals surface area contributed by atoms with Gasteiger partial charge in [-0.15, -0.1) is 11.8 Å². The summed E-state index contributed by atoms with van der Waals surface area (Å²) in [6, 6.07) is 23.4. The maximum atomic E-state index is 12.5. The van der Waals surface area contributed by atoms with Gasteiger partial charge >= 0.3 is 0 Å². The molecule has 0 unspecified atom stereocenters. The highest BCUT2D eigenvalue weighted by Crippen LogP contribution is 2.25. The minimum absolute atomic E-state index is 0.200. The van der Waals surface area contributed by atoms with Crippen LogP contribution in [-0.2, 0) is 10.5 Å². The number of benzene rings is 3. The Labute approximate surface area is 175 Å². The molecule has 1 amide bonds. The van der Waals surface area contributed by atoms with E-state index in [9.17, 15) is 4.79 Å². The van der Waals surface area contributed by atoms with Crippen LogP contribution in [0.5, 0.6) is 5.75 Å². The number of halogens is 1. The van der Waals surface area contributed by atoms with Crippen molar-refractivity contribution in [2.24, 2.45) is 0 Å². The van der Waals surface area contributed by atoms with Gasteiger partial charge in [0, 0.05) is 21.4 Å². The summed E-state index contributed by atoms with van der Waals surface area (Å²) < 4.78 is 5.68. The smallest absolute Gasteiger partial charge is 0.265 e. The van der Waals surface area contributed by atoms with Crippen LogP contribution in [0.1, 0.15) is 18.1 Å². The van der Waals surface area contributed by atoms with Crippen LogP contribution in [0, 0.1) is 6.92 Å². The molecule has 0 bridgehead atoms. The average molecular weight is 412 g/mol. The van der Waals surface area contributed by atoms with E-state index in [2.05, 4.69) is 23.5 Å². The second-order valence-electron chi connectivity index (χ2n) is 6.46. The van der Waals surface area contributed by atoms with E-state index in [1.807, 2.05) is 37.3 Å². The van der Waals surface area contributed by atoms with Crippen molar-refractivity contribution in [2.75, 3.05) is 5.32 Å². The molecule has 0 aliphatic carbocycles. The summed E-state index contributed by atoms with van der Waals surface area (Å²) in [5.74, 6) is 1.25. The maximum Gasteiger partial charge on any atom is 0.265 e. The van der Waals surface area contributed by atoms with Gasteiger partial charge in [-0.05, 0) is 61.4 Å². The second kappa shape index (κ2) is 9.67. The Hall–Kier alpha value is -2.43. The first-order valence-electron chi connectivity index (χ1n) is 9.02. The third-order valence-electron chi connectivity index (χ3n) is 4.18. The molecule has 1 atom stereocenters. The number of aryl methyl sites for hydroxylation is 1. The summed E-state index contributed by atoms with van der Waals surface area (Å²) in [6.45, 7) is 3.71. The van der Waals surface area contributed by atoms with Crippen LogP contribution in [0.15, 0.2) is 77.7 Å². The number of amides is 1.